The fourth-order valence-corrected chi connectivity index (χ4v) is 1.51. The van der Waals surface area contributed by atoms with Gasteiger partial charge in [0, 0.05) is 6.54 Å². The second kappa shape index (κ2) is 5.34. The Bertz CT molecular complexity index is 601. The molecule has 0 bridgehead atoms. The van der Waals surface area contributed by atoms with E-state index in [1.54, 1.807) is 13.0 Å². The number of carboxylic acid groups (broad SMARTS) is 1. The third-order valence-electron chi connectivity index (χ3n) is 2.49. The summed E-state index contributed by atoms with van der Waals surface area (Å²) in [4.78, 5) is 22.3. The van der Waals surface area contributed by atoms with E-state index in [-0.39, 0.29) is 11.6 Å². The number of nitrogens with zero attached hydrogens (tertiary/aromatic N) is 3. The van der Waals surface area contributed by atoms with Gasteiger partial charge in [0.15, 0.2) is 5.69 Å². The third kappa shape index (κ3) is 2.97. The van der Waals surface area contributed by atoms with Crippen LogP contribution in [0.2, 0.25) is 0 Å². The van der Waals surface area contributed by atoms with Gasteiger partial charge < -0.3 is 14.8 Å². The van der Waals surface area contributed by atoms with Crippen molar-refractivity contribution in [2.75, 3.05) is 6.54 Å². The summed E-state index contributed by atoms with van der Waals surface area (Å²) in [5, 5.41) is 18.4. The Morgan fingerprint density at radius 2 is 2.32 bits per heavy atom. The van der Waals surface area contributed by atoms with Crippen molar-refractivity contribution in [2.45, 2.75) is 13.5 Å². The number of hydrogen-bond acceptors (Lipinski definition) is 5. The number of aromatic nitrogens is 3. The van der Waals surface area contributed by atoms with Gasteiger partial charge in [-0.2, -0.15) is 0 Å². The highest BCUT2D eigenvalue weighted by molar-refractivity contribution is 5.94. The highest BCUT2D eigenvalue weighted by Crippen LogP contribution is 2.07. The zero-order valence-corrected chi connectivity index (χ0v) is 10.2. The van der Waals surface area contributed by atoms with E-state index in [9.17, 15) is 9.59 Å². The molecule has 0 radical (unpaired) electrons. The SMILES string of the molecule is Cc1occc1C(=O)NCCn1cc(C(=O)O)nn1. The Morgan fingerprint density at radius 3 is 2.89 bits per heavy atom. The fraction of sp³-hybridized carbons (Fsp3) is 0.273. The average Bonchev–Trinajstić information content (AvgIpc) is 2.97. The van der Waals surface area contributed by atoms with Crippen LogP contribution in [0.4, 0.5) is 0 Å². The smallest absolute Gasteiger partial charge is 0.358 e. The molecule has 100 valence electrons. The Labute approximate surface area is 108 Å². The summed E-state index contributed by atoms with van der Waals surface area (Å²) < 4.78 is 6.38. The Kier molecular flexibility index (Phi) is 3.60. The molecule has 8 nitrogen and oxygen atoms in total. The minimum Gasteiger partial charge on any atom is -0.476 e. The number of carbonyl (C=O) groups is 2. The maximum absolute atomic E-state index is 11.7. The van der Waals surface area contributed by atoms with Crippen molar-refractivity contribution in [3.05, 3.63) is 35.5 Å². The standard InChI is InChI=1S/C11H12N4O4/c1-7-8(2-5-19-7)10(16)12-3-4-15-6-9(11(17)18)13-14-15/h2,5-6H,3-4H2,1H3,(H,12,16)(H,17,18). The van der Waals surface area contributed by atoms with E-state index < -0.39 is 5.97 Å². The lowest BCUT2D eigenvalue weighted by molar-refractivity contribution is 0.0690. The van der Waals surface area contributed by atoms with Crippen LogP contribution in [-0.4, -0.2) is 38.5 Å². The van der Waals surface area contributed by atoms with Gasteiger partial charge in [-0.25, -0.2) is 9.48 Å². The summed E-state index contributed by atoms with van der Waals surface area (Å²) in [6.45, 7) is 2.35. The van der Waals surface area contributed by atoms with Crippen LogP contribution < -0.4 is 5.32 Å². The number of aryl methyl sites for hydroxylation is 1. The fourth-order valence-electron chi connectivity index (χ4n) is 1.51. The van der Waals surface area contributed by atoms with Gasteiger partial charge in [-0.05, 0) is 13.0 Å². The van der Waals surface area contributed by atoms with Crippen molar-refractivity contribution in [3.63, 3.8) is 0 Å². The molecule has 0 aliphatic heterocycles. The highest BCUT2D eigenvalue weighted by Gasteiger charge is 2.11. The molecule has 1 amide bonds. The van der Waals surface area contributed by atoms with Gasteiger partial charge in [0.25, 0.3) is 5.91 Å². The van der Waals surface area contributed by atoms with E-state index in [1.165, 1.54) is 17.1 Å². The van der Waals surface area contributed by atoms with E-state index >= 15 is 0 Å². The monoisotopic (exact) mass is 264 g/mol. The van der Waals surface area contributed by atoms with Crippen LogP contribution in [0.1, 0.15) is 26.6 Å². The maximum Gasteiger partial charge on any atom is 0.358 e. The van der Waals surface area contributed by atoms with Crippen molar-refractivity contribution < 1.29 is 19.1 Å². The predicted molar refractivity (Wildman–Crippen MR) is 62.8 cm³/mol. The summed E-state index contributed by atoms with van der Waals surface area (Å²) >= 11 is 0. The molecular weight excluding hydrogens is 252 g/mol. The summed E-state index contributed by atoms with van der Waals surface area (Å²) in [6, 6.07) is 1.59. The van der Waals surface area contributed by atoms with E-state index in [1.807, 2.05) is 0 Å². The average molecular weight is 264 g/mol. The van der Waals surface area contributed by atoms with Crippen LogP contribution in [0.3, 0.4) is 0 Å². The summed E-state index contributed by atoms with van der Waals surface area (Å²) in [5.74, 6) is -0.833. The molecule has 8 heteroatoms. The highest BCUT2D eigenvalue weighted by atomic mass is 16.4. The molecule has 0 aliphatic rings. The maximum atomic E-state index is 11.7. The minimum absolute atomic E-state index is 0.128. The first-order valence-corrected chi connectivity index (χ1v) is 5.53. The Morgan fingerprint density at radius 1 is 1.53 bits per heavy atom. The van der Waals surface area contributed by atoms with Crippen molar-refractivity contribution >= 4 is 11.9 Å². The zero-order valence-electron chi connectivity index (χ0n) is 10.2. The molecule has 2 aromatic heterocycles. The van der Waals surface area contributed by atoms with Crippen molar-refractivity contribution in [2.24, 2.45) is 0 Å². The number of hydrogen-bond donors (Lipinski definition) is 2. The second-order valence-corrected chi connectivity index (χ2v) is 3.82. The lowest BCUT2D eigenvalue weighted by Gasteiger charge is -2.03. The third-order valence-corrected chi connectivity index (χ3v) is 2.49. The Balaban J connectivity index is 1.85. The van der Waals surface area contributed by atoms with Crippen LogP contribution in [0.5, 0.6) is 0 Å². The molecule has 0 atom stereocenters. The van der Waals surface area contributed by atoms with Crippen LogP contribution >= 0.6 is 0 Å². The normalized spacial score (nSPS) is 10.4. The number of rotatable bonds is 5. The van der Waals surface area contributed by atoms with Gasteiger partial charge >= 0.3 is 5.97 Å². The van der Waals surface area contributed by atoms with Crippen LogP contribution in [-0.2, 0) is 6.54 Å². The molecule has 19 heavy (non-hydrogen) atoms. The number of carbonyl (C=O) groups excluding carboxylic acids is 1. The van der Waals surface area contributed by atoms with Gasteiger partial charge in [-0.3, -0.25) is 4.79 Å². The second-order valence-electron chi connectivity index (χ2n) is 3.82. The summed E-state index contributed by atoms with van der Waals surface area (Å²) in [7, 11) is 0. The minimum atomic E-state index is -1.13. The van der Waals surface area contributed by atoms with Crippen LogP contribution in [0.25, 0.3) is 0 Å². The lowest BCUT2D eigenvalue weighted by atomic mass is 10.2. The largest absolute Gasteiger partial charge is 0.476 e. The number of furan rings is 1. The molecular formula is C11H12N4O4. The molecule has 2 heterocycles. The number of carboxylic acids is 1. The lowest BCUT2D eigenvalue weighted by Crippen LogP contribution is -2.27. The van der Waals surface area contributed by atoms with E-state index in [4.69, 9.17) is 9.52 Å². The number of amides is 1. The van der Waals surface area contributed by atoms with Crippen LogP contribution in [0, 0.1) is 6.92 Å². The van der Waals surface area contributed by atoms with E-state index in [2.05, 4.69) is 15.6 Å². The summed E-state index contributed by atoms with van der Waals surface area (Å²) in [6.07, 6.45) is 2.75. The van der Waals surface area contributed by atoms with E-state index in [0.717, 1.165) is 0 Å². The quantitative estimate of drug-likeness (QED) is 0.804. The van der Waals surface area contributed by atoms with Gasteiger partial charge in [0.2, 0.25) is 0 Å². The summed E-state index contributed by atoms with van der Waals surface area (Å²) in [5.41, 5.74) is 0.349. The van der Waals surface area contributed by atoms with Gasteiger partial charge in [0.1, 0.15) is 5.76 Å². The van der Waals surface area contributed by atoms with Gasteiger partial charge in [-0.1, -0.05) is 5.21 Å². The predicted octanol–water partition coefficient (Wildman–Crippen LogP) is 0.308. The van der Waals surface area contributed by atoms with Crippen molar-refractivity contribution in [1.29, 1.82) is 0 Å². The van der Waals surface area contributed by atoms with Gasteiger partial charge in [-0.15, -0.1) is 5.10 Å². The number of aromatic carboxylic acids is 1. The molecule has 0 spiro atoms. The first-order valence-electron chi connectivity index (χ1n) is 5.53. The molecule has 2 rings (SSSR count). The first-order chi connectivity index (χ1) is 9.08. The number of nitrogens with one attached hydrogen (secondary N) is 1. The molecule has 0 aliphatic carbocycles. The molecule has 0 unspecified atom stereocenters. The topological polar surface area (TPSA) is 110 Å². The molecule has 0 saturated carbocycles. The van der Waals surface area contributed by atoms with Crippen LogP contribution in [0.15, 0.2) is 22.9 Å². The van der Waals surface area contributed by atoms with Crippen molar-refractivity contribution in [3.8, 4) is 0 Å². The first kappa shape index (κ1) is 12.8. The van der Waals surface area contributed by atoms with Crippen molar-refractivity contribution in [1.82, 2.24) is 20.3 Å². The Hall–Kier alpha value is -2.64. The molecule has 0 fully saturated rings. The molecule has 0 aromatic carbocycles. The van der Waals surface area contributed by atoms with E-state index in [0.29, 0.717) is 24.4 Å². The van der Waals surface area contributed by atoms with Gasteiger partial charge in [0.05, 0.1) is 24.6 Å². The molecule has 0 saturated heterocycles. The zero-order chi connectivity index (χ0) is 13.8. The molecule has 2 aromatic rings. The molecule has 2 N–H and O–H groups in total.